The molecule has 0 unspecified atom stereocenters. The molecule has 9 aromatic rings. The number of hydrogen-bond donors (Lipinski definition) is 0. The Morgan fingerprint density at radius 2 is 0.826 bits per heavy atom. The summed E-state index contributed by atoms with van der Waals surface area (Å²) in [5.41, 5.74) is 7.28. The third kappa shape index (κ3) is 3.29. The van der Waals surface area contributed by atoms with Crippen LogP contribution >= 0.6 is 11.6 Å². The minimum Gasteiger partial charge on any atom is -0.0843 e. The van der Waals surface area contributed by atoms with E-state index < -0.39 is 5.41 Å². The van der Waals surface area contributed by atoms with Gasteiger partial charge in [0.25, 0.3) is 0 Å². The third-order valence-electron chi connectivity index (χ3n) is 10.3. The zero-order valence-electron chi connectivity index (χ0n) is 25.0. The van der Waals surface area contributed by atoms with Crippen LogP contribution in [-0.2, 0) is 5.41 Å². The van der Waals surface area contributed by atoms with Crippen LogP contribution in [0.4, 0.5) is 0 Å². The summed E-state index contributed by atoms with van der Waals surface area (Å²) in [6, 6.07) is 60.2. The van der Waals surface area contributed by atoms with E-state index in [1.807, 2.05) is 6.07 Å². The van der Waals surface area contributed by atoms with Crippen molar-refractivity contribution in [1.82, 2.24) is 0 Å². The van der Waals surface area contributed by atoms with Crippen molar-refractivity contribution in [1.29, 1.82) is 0 Å². The van der Waals surface area contributed by atoms with E-state index in [1.165, 1.54) is 87.2 Å². The SMILES string of the molecule is Clc1ccc2c(c1)c1cc3c(cc1c1c4ccccc4c4ccccc4c21)-c1ccccc1C3(c1ccccc1)c1ccccc1. The Bertz CT molecular complexity index is 2650. The average molecular weight is 603 g/mol. The lowest BCUT2D eigenvalue weighted by molar-refractivity contribution is 0.769. The van der Waals surface area contributed by atoms with Crippen molar-refractivity contribution in [2.24, 2.45) is 0 Å². The summed E-state index contributed by atoms with van der Waals surface area (Å²) in [5.74, 6) is 0. The quantitative estimate of drug-likeness (QED) is 0.173. The minimum atomic E-state index is -0.464. The molecule has 0 spiro atoms. The first-order valence-electron chi connectivity index (χ1n) is 15.9. The molecule has 0 atom stereocenters. The lowest BCUT2D eigenvalue weighted by atomic mass is 9.67. The van der Waals surface area contributed by atoms with E-state index in [0.717, 1.165) is 5.02 Å². The standard InChI is InChI=1S/C45H27Cl/c46-30-23-24-36-37(25-30)38-27-42-39(26-40(38)44-35-21-10-8-18-32(35)31-17-7-9-20-34(31)43(36)44)33-19-11-12-22-41(33)45(42,28-13-3-1-4-14-28)29-15-5-2-6-16-29/h1-27H. The molecule has 0 amide bonds. The minimum absolute atomic E-state index is 0.464. The predicted octanol–water partition coefficient (Wildman–Crippen LogP) is 12.5. The van der Waals surface area contributed by atoms with E-state index in [1.54, 1.807) is 0 Å². The molecule has 0 saturated heterocycles. The van der Waals surface area contributed by atoms with E-state index in [9.17, 15) is 0 Å². The van der Waals surface area contributed by atoms with Crippen LogP contribution < -0.4 is 0 Å². The molecule has 1 aliphatic carbocycles. The summed E-state index contributed by atoms with van der Waals surface area (Å²) in [7, 11) is 0. The van der Waals surface area contributed by atoms with E-state index in [4.69, 9.17) is 11.6 Å². The van der Waals surface area contributed by atoms with E-state index >= 15 is 0 Å². The molecule has 0 N–H and O–H groups in total. The molecule has 1 aliphatic rings. The second-order valence-corrected chi connectivity index (χ2v) is 12.9. The number of benzene rings is 9. The fourth-order valence-corrected chi connectivity index (χ4v) is 8.75. The van der Waals surface area contributed by atoms with Gasteiger partial charge < -0.3 is 0 Å². The first-order chi connectivity index (χ1) is 22.7. The van der Waals surface area contributed by atoms with E-state index in [-0.39, 0.29) is 0 Å². The van der Waals surface area contributed by atoms with Crippen molar-refractivity contribution in [3.63, 3.8) is 0 Å². The zero-order chi connectivity index (χ0) is 30.4. The fourth-order valence-electron chi connectivity index (χ4n) is 8.58. The molecule has 0 aliphatic heterocycles. The molecule has 0 nitrogen and oxygen atoms in total. The summed E-state index contributed by atoms with van der Waals surface area (Å²) in [5, 5.41) is 13.4. The summed E-state index contributed by atoms with van der Waals surface area (Å²) in [4.78, 5) is 0. The van der Waals surface area contributed by atoms with Crippen LogP contribution in [0.25, 0.3) is 65.0 Å². The van der Waals surface area contributed by atoms with Gasteiger partial charge in [0.1, 0.15) is 0 Å². The Morgan fingerprint density at radius 3 is 1.48 bits per heavy atom. The van der Waals surface area contributed by atoms with Crippen LogP contribution in [0.1, 0.15) is 22.3 Å². The number of rotatable bonds is 2. The van der Waals surface area contributed by atoms with Gasteiger partial charge in [0, 0.05) is 5.02 Å². The molecule has 0 heterocycles. The van der Waals surface area contributed by atoms with E-state index in [2.05, 4.69) is 158 Å². The highest BCUT2D eigenvalue weighted by Crippen LogP contribution is 2.58. The highest BCUT2D eigenvalue weighted by atomic mass is 35.5. The lowest BCUT2D eigenvalue weighted by Gasteiger charge is -2.34. The van der Waals surface area contributed by atoms with Crippen molar-refractivity contribution in [2.45, 2.75) is 5.41 Å². The molecular formula is C45H27Cl. The van der Waals surface area contributed by atoms with Crippen LogP contribution in [0.2, 0.25) is 5.02 Å². The molecule has 0 saturated carbocycles. The highest BCUT2D eigenvalue weighted by molar-refractivity contribution is 6.41. The van der Waals surface area contributed by atoms with Crippen molar-refractivity contribution >= 4 is 65.5 Å². The zero-order valence-corrected chi connectivity index (χ0v) is 25.7. The summed E-state index contributed by atoms with van der Waals surface area (Å²) < 4.78 is 0. The van der Waals surface area contributed by atoms with Crippen LogP contribution in [-0.4, -0.2) is 0 Å². The molecule has 0 bridgehead atoms. The molecule has 0 aromatic heterocycles. The fraction of sp³-hybridized carbons (Fsp3) is 0.0222. The third-order valence-corrected chi connectivity index (χ3v) is 10.6. The first kappa shape index (κ1) is 25.9. The normalized spacial score (nSPS) is 13.5. The van der Waals surface area contributed by atoms with Gasteiger partial charge in [0.05, 0.1) is 5.41 Å². The van der Waals surface area contributed by atoms with Crippen molar-refractivity contribution in [2.75, 3.05) is 0 Å². The molecule has 46 heavy (non-hydrogen) atoms. The molecule has 0 fully saturated rings. The Morgan fingerprint density at radius 1 is 0.326 bits per heavy atom. The molecule has 10 rings (SSSR count). The summed E-state index contributed by atoms with van der Waals surface area (Å²) in [6.07, 6.45) is 0. The van der Waals surface area contributed by atoms with Gasteiger partial charge in [-0.05, 0) is 112 Å². The van der Waals surface area contributed by atoms with Gasteiger partial charge in [-0.3, -0.25) is 0 Å². The molecule has 0 radical (unpaired) electrons. The van der Waals surface area contributed by atoms with Crippen LogP contribution in [0, 0.1) is 0 Å². The van der Waals surface area contributed by atoms with Gasteiger partial charge in [-0.2, -0.15) is 0 Å². The van der Waals surface area contributed by atoms with E-state index in [0.29, 0.717) is 0 Å². The van der Waals surface area contributed by atoms with Gasteiger partial charge in [-0.1, -0.05) is 151 Å². The second-order valence-electron chi connectivity index (χ2n) is 12.5. The lowest BCUT2D eigenvalue weighted by Crippen LogP contribution is -2.28. The number of fused-ring (bicyclic) bond motifs is 14. The smallest absolute Gasteiger partial charge is 0.0713 e. The summed E-state index contributed by atoms with van der Waals surface area (Å²) in [6.45, 7) is 0. The van der Waals surface area contributed by atoms with Gasteiger partial charge in [0.15, 0.2) is 0 Å². The van der Waals surface area contributed by atoms with Crippen LogP contribution in [0.15, 0.2) is 164 Å². The Balaban J connectivity index is 1.49. The molecular weight excluding hydrogens is 576 g/mol. The monoisotopic (exact) mass is 602 g/mol. The van der Waals surface area contributed by atoms with Crippen molar-refractivity contribution in [3.8, 4) is 11.1 Å². The van der Waals surface area contributed by atoms with Crippen molar-refractivity contribution in [3.05, 3.63) is 191 Å². The Kier molecular flexibility index (Phi) is 5.36. The second kappa shape index (κ2) is 9.54. The van der Waals surface area contributed by atoms with Crippen molar-refractivity contribution < 1.29 is 0 Å². The van der Waals surface area contributed by atoms with Gasteiger partial charge >= 0.3 is 0 Å². The molecule has 214 valence electrons. The maximum atomic E-state index is 6.82. The maximum Gasteiger partial charge on any atom is 0.0713 e. The molecule has 9 aromatic carbocycles. The topological polar surface area (TPSA) is 0 Å². The average Bonchev–Trinajstić information content (AvgIpc) is 3.41. The van der Waals surface area contributed by atoms with Gasteiger partial charge in [-0.25, -0.2) is 0 Å². The van der Waals surface area contributed by atoms with Gasteiger partial charge in [0.2, 0.25) is 0 Å². The number of hydrogen-bond acceptors (Lipinski definition) is 0. The first-order valence-corrected chi connectivity index (χ1v) is 16.3. The largest absolute Gasteiger partial charge is 0.0843 e. The molecule has 1 heteroatoms. The number of halogens is 1. The van der Waals surface area contributed by atoms with Gasteiger partial charge in [-0.15, -0.1) is 0 Å². The Hall–Kier alpha value is -5.43. The highest BCUT2D eigenvalue weighted by Gasteiger charge is 2.46. The van der Waals surface area contributed by atoms with Crippen LogP contribution in [0.3, 0.4) is 0 Å². The Labute approximate surface area is 272 Å². The predicted molar refractivity (Wildman–Crippen MR) is 196 cm³/mol. The maximum absolute atomic E-state index is 6.82. The summed E-state index contributed by atoms with van der Waals surface area (Å²) >= 11 is 6.82. The van der Waals surface area contributed by atoms with Crippen LogP contribution in [0.5, 0.6) is 0 Å².